The summed E-state index contributed by atoms with van der Waals surface area (Å²) >= 11 is 6.32. The van der Waals surface area contributed by atoms with Crippen LogP contribution in [0, 0.1) is 0 Å². The van der Waals surface area contributed by atoms with Gasteiger partial charge < -0.3 is 20.1 Å². The number of carbonyl (C=O) groups is 1. The smallest absolute Gasteiger partial charge is 0.237 e. The average Bonchev–Trinajstić information content (AvgIpc) is 2.71. The molecule has 0 bridgehead atoms. The molecule has 1 heterocycles. The molecule has 1 fully saturated rings. The topological polar surface area (TPSA) is 59.6 Å². The SMILES string of the molecule is COc1cc(CNC2CCCCNC2=O)cc(Cl)c1OC(C)C. The van der Waals surface area contributed by atoms with Gasteiger partial charge in [0.1, 0.15) is 0 Å². The maximum absolute atomic E-state index is 12.0. The van der Waals surface area contributed by atoms with Gasteiger partial charge in [-0.2, -0.15) is 0 Å². The summed E-state index contributed by atoms with van der Waals surface area (Å²) in [5.74, 6) is 1.23. The van der Waals surface area contributed by atoms with Crippen molar-refractivity contribution in [3.8, 4) is 11.5 Å². The summed E-state index contributed by atoms with van der Waals surface area (Å²) in [6, 6.07) is 3.59. The molecule has 2 rings (SSSR count). The molecule has 1 atom stereocenters. The van der Waals surface area contributed by atoms with Gasteiger partial charge in [-0.05, 0) is 50.8 Å². The third-order valence-corrected chi connectivity index (χ3v) is 4.01. The molecule has 0 aromatic heterocycles. The van der Waals surface area contributed by atoms with E-state index in [9.17, 15) is 4.79 Å². The van der Waals surface area contributed by atoms with E-state index in [0.29, 0.717) is 23.1 Å². The van der Waals surface area contributed by atoms with Crippen molar-refractivity contribution in [1.82, 2.24) is 10.6 Å². The molecule has 1 aliphatic rings. The molecule has 1 aromatic carbocycles. The molecule has 0 saturated carbocycles. The fourth-order valence-electron chi connectivity index (χ4n) is 2.60. The Morgan fingerprint density at radius 1 is 1.39 bits per heavy atom. The first kappa shape index (κ1) is 17.9. The van der Waals surface area contributed by atoms with Crippen LogP contribution < -0.4 is 20.1 Å². The molecule has 1 aliphatic heterocycles. The summed E-state index contributed by atoms with van der Waals surface area (Å²) in [6.07, 6.45) is 2.94. The molecule has 6 heteroatoms. The minimum Gasteiger partial charge on any atom is -0.493 e. The molecule has 128 valence electrons. The highest BCUT2D eigenvalue weighted by Crippen LogP contribution is 2.37. The van der Waals surface area contributed by atoms with Crippen LogP contribution in [0.3, 0.4) is 0 Å². The molecular weight excluding hydrogens is 316 g/mol. The van der Waals surface area contributed by atoms with Gasteiger partial charge in [-0.1, -0.05) is 11.6 Å². The predicted molar refractivity (Wildman–Crippen MR) is 91.3 cm³/mol. The number of hydrogen-bond donors (Lipinski definition) is 2. The maximum atomic E-state index is 12.0. The summed E-state index contributed by atoms with van der Waals surface area (Å²) in [5.41, 5.74) is 0.958. The lowest BCUT2D eigenvalue weighted by Crippen LogP contribution is -2.42. The van der Waals surface area contributed by atoms with Gasteiger partial charge in [0, 0.05) is 13.1 Å². The van der Waals surface area contributed by atoms with Gasteiger partial charge in [-0.15, -0.1) is 0 Å². The van der Waals surface area contributed by atoms with E-state index in [1.807, 2.05) is 26.0 Å². The number of ether oxygens (including phenoxy) is 2. The van der Waals surface area contributed by atoms with Crippen molar-refractivity contribution < 1.29 is 14.3 Å². The summed E-state index contributed by atoms with van der Waals surface area (Å²) in [4.78, 5) is 12.0. The fraction of sp³-hybridized carbons (Fsp3) is 0.588. The Kier molecular flexibility index (Phi) is 6.54. The van der Waals surface area contributed by atoms with Crippen LogP contribution in [-0.2, 0) is 11.3 Å². The molecular formula is C17H25ClN2O3. The second-order valence-electron chi connectivity index (χ2n) is 6.00. The van der Waals surface area contributed by atoms with Crippen LogP contribution in [0.4, 0.5) is 0 Å². The Hall–Kier alpha value is -1.46. The third kappa shape index (κ3) is 5.01. The van der Waals surface area contributed by atoms with Crippen LogP contribution >= 0.6 is 11.6 Å². The molecule has 0 radical (unpaired) electrons. The van der Waals surface area contributed by atoms with Crippen LogP contribution in [0.2, 0.25) is 5.02 Å². The molecule has 0 aliphatic carbocycles. The summed E-state index contributed by atoms with van der Waals surface area (Å²) in [7, 11) is 1.59. The first-order valence-electron chi connectivity index (χ1n) is 8.05. The highest BCUT2D eigenvalue weighted by Gasteiger charge is 2.20. The van der Waals surface area contributed by atoms with Crippen LogP contribution in [0.1, 0.15) is 38.7 Å². The Labute approximate surface area is 142 Å². The summed E-state index contributed by atoms with van der Waals surface area (Å²) in [5, 5.41) is 6.74. The standard InChI is InChI=1S/C17H25ClN2O3/c1-11(2)23-16-13(18)8-12(9-15(16)22-3)10-20-14-6-4-5-7-19-17(14)21/h8-9,11,14,20H,4-7,10H2,1-3H3,(H,19,21). The van der Waals surface area contributed by atoms with E-state index in [-0.39, 0.29) is 18.1 Å². The van der Waals surface area contributed by atoms with Crippen molar-refractivity contribution in [2.75, 3.05) is 13.7 Å². The number of hydrogen-bond acceptors (Lipinski definition) is 4. The maximum Gasteiger partial charge on any atom is 0.237 e. The number of rotatable bonds is 6. The number of nitrogens with one attached hydrogen (secondary N) is 2. The number of amides is 1. The van der Waals surface area contributed by atoms with Gasteiger partial charge in [-0.3, -0.25) is 4.79 Å². The number of methoxy groups -OCH3 is 1. The molecule has 0 spiro atoms. The highest BCUT2D eigenvalue weighted by molar-refractivity contribution is 6.32. The van der Waals surface area contributed by atoms with Crippen molar-refractivity contribution in [2.24, 2.45) is 0 Å². The zero-order valence-corrected chi connectivity index (χ0v) is 14.7. The number of carbonyl (C=O) groups excluding carboxylic acids is 1. The lowest BCUT2D eigenvalue weighted by Gasteiger charge is -2.18. The normalized spacial score (nSPS) is 18.5. The Balaban J connectivity index is 2.08. The van der Waals surface area contributed by atoms with Crippen LogP contribution in [-0.4, -0.2) is 31.7 Å². The van der Waals surface area contributed by atoms with E-state index in [1.54, 1.807) is 7.11 Å². The van der Waals surface area contributed by atoms with Crippen LogP contribution in [0.15, 0.2) is 12.1 Å². The second kappa shape index (κ2) is 8.41. The van der Waals surface area contributed by atoms with Crippen molar-refractivity contribution in [1.29, 1.82) is 0 Å². The van der Waals surface area contributed by atoms with Gasteiger partial charge in [0.15, 0.2) is 11.5 Å². The lowest BCUT2D eigenvalue weighted by molar-refractivity contribution is -0.122. The molecule has 1 amide bonds. The van der Waals surface area contributed by atoms with Crippen molar-refractivity contribution in [3.05, 3.63) is 22.7 Å². The van der Waals surface area contributed by atoms with E-state index in [0.717, 1.165) is 31.4 Å². The van der Waals surface area contributed by atoms with Gasteiger partial charge >= 0.3 is 0 Å². The average molecular weight is 341 g/mol. The minimum absolute atomic E-state index is 0.0139. The van der Waals surface area contributed by atoms with Crippen molar-refractivity contribution in [3.63, 3.8) is 0 Å². The van der Waals surface area contributed by atoms with Gasteiger partial charge in [0.05, 0.1) is 24.3 Å². The van der Waals surface area contributed by atoms with Gasteiger partial charge in [-0.25, -0.2) is 0 Å². The Morgan fingerprint density at radius 2 is 2.17 bits per heavy atom. The quantitative estimate of drug-likeness (QED) is 0.836. The fourth-order valence-corrected chi connectivity index (χ4v) is 2.88. The Morgan fingerprint density at radius 3 is 2.87 bits per heavy atom. The predicted octanol–water partition coefficient (Wildman–Crippen LogP) is 2.89. The van der Waals surface area contributed by atoms with E-state index >= 15 is 0 Å². The van der Waals surface area contributed by atoms with Crippen molar-refractivity contribution >= 4 is 17.5 Å². The molecule has 23 heavy (non-hydrogen) atoms. The Bertz CT molecular complexity index is 549. The molecule has 2 N–H and O–H groups in total. The second-order valence-corrected chi connectivity index (χ2v) is 6.40. The third-order valence-electron chi connectivity index (χ3n) is 3.73. The van der Waals surface area contributed by atoms with E-state index < -0.39 is 0 Å². The van der Waals surface area contributed by atoms with Crippen LogP contribution in [0.5, 0.6) is 11.5 Å². The van der Waals surface area contributed by atoms with E-state index in [1.165, 1.54) is 0 Å². The minimum atomic E-state index is -0.158. The molecule has 5 nitrogen and oxygen atoms in total. The van der Waals surface area contributed by atoms with E-state index in [4.69, 9.17) is 21.1 Å². The first-order chi connectivity index (χ1) is 11.0. The zero-order chi connectivity index (χ0) is 16.8. The van der Waals surface area contributed by atoms with E-state index in [2.05, 4.69) is 10.6 Å². The molecule has 1 unspecified atom stereocenters. The number of benzene rings is 1. The summed E-state index contributed by atoms with van der Waals surface area (Å²) < 4.78 is 11.1. The van der Waals surface area contributed by atoms with Crippen molar-refractivity contribution in [2.45, 2.75) is 51.8 Å². The lowest BCUT2D eigenvalue weighted by atomic mass is 10.1. The van der Waals surface area contributed by atoms with Gasteiger partial charge in [0.25, 0.3) is 0 Å². The highest BCUT2D eigenvalue weighted by atomic mass is 35.5. The first-order valence-corrected chi connectivity index (χ1v) is 8.43. The monoisotopic (exact) mass is 340 g/mol. The largest absolute Gasteiger partial charge is 0.493 e. The number of halogens is 1. The van der Waals surface area contributed by atoms with Gasteiger partial charge in [0.2, 0.25) is 5.91 Å². The van der Waals surface area contributed by atoms with Crippen LogP contribution in [0.25, 0.3) is 0 Å². The molecule has 1 aromatic rings. The zero-order valence-electron chi connectivity index (χ0n) is 13.9. The summed E-state index contributed by atoms with van der Waals surface area (Å²) in [6.45, 7) is 5.19. The molecule has 1 saturated heterocycles.